The molecule has 3 heteroatoms. The SMILES string of the molecule is c1ccc(-c2cc(-c3ccccc3)nc(-c3ccc(-c4ccc(-n5c6ccccc6c6ccccc65)cc4)cc3)n2)cc1. The van der Waals surface area contributed by atoms with Gasteiger partial charge in [0.15, 0.2) is 5.82 Å². The summed E-state index contributed by atoms with van der Waals surface area (Å²) in [6.45, 7) is 0. The maximum Gasteiger partial charge on any atom is 0.160 e. The van der Waals surface area contributed by atoms with Crippen molar-refractivity contribution in [2.45, 2.75) is 0 Å². The molecule has 2 aromatic heterocycles. The van der Waals surface area contributed by atoms with Crippen molar-refractivity contribution in [3.8, 4) is 50.7 Å². The number of hydrogen-bond acceptors (Lipinski definition) is 2. The molecule has 0 amide bonds. The molecule has 0 unspecified atom stereocenters. The van der Waals surface area contributed by atoms with Crippen molar-refractivity contribution in [3.05, 3.63) is 164 Å². The molecule has 0 aliphatic heterocycles. The summed E-state index contributed by atoms with van der Waals surface area (Å²) in [5, 5.41) is 2.54. The van der Waals surface area contributed by atoms with Gasteiger partial charge in [0.25, 0.3) is 0 Å². The maximum atomic E-state index is 4.98. The van der Waals surface area contributed by atoms with Crippen molar-refractivity contribution >= 4 is 21.8 Å². The summed E-state index contributed by atoms with van der Waals surface area (Å²) in [6.07, 6.45) is 0. The van der Waals surface area contributed by atoms with Gasteiger partial charge in [0.2, 0.25) is 0 Å². The van der Waals surface area contributed by atoms with Gasteiger partial charge in [0.05, 0.1) is 22.4 Å². The second kappa shape index (κ2) is 10.6. The molecule has 2 heterocycles. The first-order valence-electron chi connectivity index (χ1n) is 14.5. The lowest BCUT2D eigenvalue weighted by atomic mass is 10.0. The van der Waals surface area contributed by atoms with Gasteiger partial charge in [-0.05, 0) is 41.5 Å². The molecule has 0 radical (unpaired) electrons. The molecule has 0 N–H and O–H groups in total. The Balaban J connectivity index is 1.15. The summed E-state index contributed by atoms with van der Waals surface area (Å²) in [5.41, 5.74) is 10.9. The lowest BCUT2D eigenvalue weighted by Crippen LogP contribution is -1.96. The van der Waals surface area contributed by atoms with Crippen LogP contribution in [0.15, 0.2) is 164 Å². The van der Waals surface area contributed by atoms with Crippen molar-refractivity contribution in [2.75, 3.05) is 0 Å². The molecule has 0 saturated heterocycles. The minimum atomic E-state index is 0.716. The zero-order valence-corrected chi connectivity index (χ0v) is 23.4. The molecule has 0 aliphatic carbocycles. The van der Waals surface area contributed by atoms with E-state index in [2.05, 4.69) is 132 Å². The number of para-hydroxylation sites is 2. The van der Waals surface area contributed by atoms with E-state index in [9.17, 15) is 0 Å². The largest absolute Gasteiger partial charge is 0.309 e. The van der Waals surface area contributed by atoms with E-state index >= 15 is 0 Å². The monoisotopic (exact) mass is 549 g/mol. The summed E-state index contributed by atoms with van der Waals surface area (Å²) >= 11 is 0. The molecule has 0 aliphatic rings. The molecule has 0 atom stereocenters. The van der Waals surface area contributed by atoms with Crippen molar-refractivity contribution in [3.63, 3.8) is 0 Å². The number of benzene rings is 6. The summed E-state index contributed by atoms with van der Waals surface area (Å²) < 4.78 is 2.35. The zero-order chi connectivity index (χ0) is 28.6. The fraction of sp³-hybridized carbons (Fsp3) is 0. The van der Waals surface area contributed by atoms with Crippen LogP contribution in [0.2, 0.25) is 0 Å². The van der Waals surface area contributed by atoms with Crippen molar-refractivity contribution in [1.82, 2.24) is 14.5 Å². The van der Waals surface area contributed by atoms with Gasteiger partial charge in [-0.1, -0.05) is 133 Å². The van der Waals surface area contributed by atoms with Gasteiger partial charge in [-0.2, -0.15) is 0 Å². The lowest BCUT2D eigenvalue weighted by Gasteiger charge is -2.11. The van der Waals surface area contributed by atoms with E-state index in [1.807, 2.05) is 36.4 Å². The highest BCUT2D eigenvalue weighted by Crippen LogP contribution is 2.33. The van der Waals surface area contributed by atoms with Gasteiger partial charge >= 0.3 is 0 Å². The fourth-order valence-electron chi connectivity index (χ4n) is 5.91. The van der Waals surface area contributed by atoms with Gasteiger partial charge in [-0.25, -0.2) is 9.97 Å². The summed E-state index contributed by atoms with van der Waals surface area (Å²) in [6, 6.07) is 57.3. The molecule has 0 saturated carbocycles. The van der Waals surface area contributed by atoms with E-state index in [1.165, 1.54) is 27.4 Å². The van der Waals surface area contributed by atoms with Gasteiger partial charge in [0.1, 0.15) is 0 Å². The highest BCUT2D eigenvalue weighted by molar-refractivity contribution is 6.09. The Morgan fingerprint density at radius 3 is 1.28 bits per heavy atom. The van der Waals surface area contributed by atoms with E-state index in [4.69, 9.17) is 9.97 Å². The number of fused-ring (bicyclic) bond motifs is 3. The zero-order valence-electron chi connectivity index (χ0n) is 23.4. The standard InChI is InChI=1S/C40H27N3/c1-3-11-30(12-4-1)36-27-37(31-13-5-2-6-14-31)42-40(41-36)32-21-19-28(20-22-32)29-23-25-33(26-24-29)43-38-17-9-7-15-34(38)35-16-8-10-18-39(35)43/h1-27H. The van der Waals surface area contributed by atoms with Crippen LogP contribution >= 0.6 is 0 Å². The quantitative estimate of drug-likeness (QED) is 0.214. The Bertz CT molecular complexity index is 2090. The van der Waals surface area contributed by atoms with E-state index in [-0.39, 0.29) is 0 Å². The molecule has 3 nitrogen and oxygen atoms in total. The highest BCUT2D eigenvalue weighted by atomic mass is 15.0. The first-order valence-corrected chi connectivity index (χ1v) is 14.5. The molecular weight excluding hydrogens is 522 g/mol. The fourth-order valence-corrected chi connectivity index (χ4v) is 5.91. The van der Waals surface area contributed by atoms with Crippen molar-refractivity contribution < 1.29 is 0 Å². The molecular formula is C40H27N3. The number of hydrogen-bond donors (Lipinski definition) is 0. The van der Waals surface area contributed by atoms with Crippen LogP contribution in [0, 0.1) is 0 Å². The van der Waals surface area contributed by atoms with Crippen molar-refractivity contribution in [2.24, 2.45) is 0 Å². The molecule has 0 bridgehead atoms. The Labute approximate surface area is 250 Å². The van der Waals surface area contributed by atoms with E-state index in [1.54, 1.807) is 0 Å². The Morgan fingerprint density at radius 2 is 0.767 bits per heavy atom. The predicted octanol–water partition coefficient (Wildman–Crippen LogP) is 10.2. The average molecular weight is 550 g/mol. The second-order valence-corrected chi connectivity index (χ2v) is 10.7. The van der Waals surface area contributed by atoms with Crippen LogP contribution in [0.1, 0.15) is 0 Å². The molecule has 43 heavy (non-hydrogen) atoms. The van der Waals surface area contributed by atoms with E-state index in [0.29, 0.717) is 5.82 Å². The van der Waals surface area contributed by atoms with Crippen molar-refractivity contribution in [1.29, 1.82) is 0 Å². The molecule has 0 fully saturated rings. The third kappa shape index (κ3) is 4.58. The van der Waals surface area contributed by atoms with E-state index < -0.39 is 0 Å². The van der Waals surface area contributed by atoms with Crippen LogP contribution in [0.5, 0.6) is 0 Å². The molecule has 8 rings (SSSR count). The van der Waals surface area contributed by atoms with Crippen LogP contribution in [0.4, 0.5) is 0 Å². The number of rotatable bonds is 5. The van der Waals surface area contributed by atoms with Gasteiger partial charge < -0.3 is 4.57 Å². The Morgan fingerprint density at radius 1 is 0.349 bits per heavy atom. The van der Waals surface area contributed by atoms with Crippen LogP contribution in [0.3, 0.4) is 0 Å². The van der Waals surface area contributed by atoms with Gasteiger partial charge in [-0.3, -0.25) is 0 Å². The summed E-state index contributed by atoms with van der Waals surface area (Å²) in [7, 11) is 0. The number of aromatic nitrogens is 3. The topological polar surface area (TPSA) is 30.7 Å². The number of nitrogens with zero attached hydrogens (tertiary/aromatic N) is 3. The predicted molar refractivity (Wildman–Crippen MR) is 178 cm³/mol. The lowest BCUT2D eigenvalue weighted by molar-refractivity contribution is 1.18. The van der Waals surface area contributed by atoms with E-state index in [0.717, 1.165) is 39.3 Å². The smallest absolute Gasteiger partial charge is 0.160 e. The minimum Gasteiger partial charge on any atom is -0.309 e. The first kappa shape index (κ1) is 25.0. The second-order valence-electron chi connectivity index (χ2n) is 10.7. The molecule has 6 aromatic carbocycles. The highest BCUT2D eigenvalue weighted by Gasteiger charge is 2.13. The molecule has 0 spiro atoms. The van der Waals surface area contributed by atoms with Crippen LogP contribution < -0.4 is 0 Å². The minimum absolute atomic E-state index is 0.716. The summed E-state index contributed by atoms with van der Waals surface area (Å²) in [5.74, 6) is 0.716. The van der Waals surface area contributed by atoms with Crippen LogP contribution in [-0.4, -0.2) is 14.5 Å². The third-order valence-corrected chi connectivity index (χ3v) is 8.05. The molecule has 8 aromatic rings. The van der Waals surface area contributed by atoms with Gasteiger partial charge in [0, 0.05) is 33.2 Å². The third-order valence-electron chi connectivity index (χ3n) is 8.05. The normalized spacial score (nSPS) is 11.3. The first-order chi connectivity index (χ1) is 21.3. The molecule has 202 valence electrons. The maximum absolute atomic E-state index is 4.98. The average Bonchev–Trinajstić information content (AvgIpc) is 3.43. The Kier molecular flexibility index (Phi) is 6.12. The summed E-state index contributed by atoms with van der Waals surface area (Å²) in [4.78, 5) is 9.96. The Hall–Kier alpha value is -5.80. The van der Waals surface area contributed by atoms with Gasteiger partial charge in [-0.15, -0.1) is 0 Å². The van der Waals surface area contributed by atoms with Crippen LogP contribution in [0.25, 0.3) is 72.5 Å². The van der Waals surface area contributed by atoms with Crippen LogP contribution in [-0.2, 0) is 0 Å².